The number of aliphatic hydroxyl groups is 1. The number of hydrogen-bond donors (Lipinski definition) is 1. The summed E-state index contributed by atoms with van der Waals surface area (Å²) >= 11 is 0. The third kappa shape index (κ3) is 26.1. The van der Waals surface area contributed by atoms with Crippen molar-refractivity contribution in [3.63, 3.8) is 0 Å². The summed E-state index contributed by atoms with van der Waals surface area (Å²) in [5.41, 5.74) is 0. The van der Waals surface area contributed by atoms with Gasteiger partial charge in [-0.05, 0) is 38.0 Å². The fourth-order valence-corrected chi connectivity index (χ4v) is 5.82. The summed E-state index contributed by atoms with van der Waals surface area (Å²) in [4.78, 5) is 13.0. The second-order valence-electron chi connectivity index (χ2n) is 12.6. The lowest BCUT2D eigenvalue weighted by Crippen LogP contribution is -2.25. The van der Waals surface area contributed by atoms with Gasteiger partial charge in [0, 0.05) is 0 Å². The molecule has 39 heavy (non-hydrogen) atoms. The van der Waals surface area contributed by atoms with E-state index in [-0.39, 0.29) is 18.0 Å². The van der Waals surface area contributed by atoms with E-state index in [2.05, 4.69) is 27.7 Å². The Morgan fingerprint density at radius 3 is 1.38 bits per heavy atom. The summed E-state index contributed by atoms with van der Waals surface area (Å²) in [6.07, 6.45) is 33.0. The first-order valence-electron chi connectivity index (χ1n) is 17.9. The molecule has 0 heterocycles. The molecule has 0 aliphatic rings. The van der Waals surface area contributed by atoms with Crippen molar-refractivity contribution in [3.8, 4) is 0 Å². The van der Waals surface area contributed by atoms with Crippen molar-refractivity contribution in [2.24, 2.45) is 11.8 Å². The number of unbranched alkanes of at least 4 members (excludes halogenated alkanes) is 19. The largest absolute Gasteiger partial charge is 0.465 e. The minimum Gasteiger partial charge on any atom is -0.465 e. The van der Waals surface area contributed by atoms with Crippen LogP contribution < -0.4 is 0 Å². The lowest BCUT2D eigenvalue weighted by molar-refractivity contribution is -0.151. The van der Waals surface area contributed by atoms with Gasteiger partial charge in [0.05, 0.1) is 18.6 Å². The van der Waals surface area contributed by atoms with E-state index in [1.54, 1.807) is 0 Å². The van der Waals surface area contributed by atoms with E-state index >= 15 is 0 Å². The van der Waals surface area contributed by atoms with E-state index in [4.69, 9.17) is 4.74 Å². The SMILES string of the molecule is CCCCCCCCCCCOC(=O)C(CCCCCCCCCC(O)CCCCCC)C(C)CCCCC. The monoisotopic (exact) mass is 553 g/mol. The Kier molecular flexibility index (Phi) is 29.9. The van der Waals surface area contributed by atoms with Gasteiger partial charge in [-0.1, -0.05) is 169 Å². The third-order valence-electron chi connectivity index (χ3n) is 8.69. The first-order chi connectivity index (χ1) is 19.1. The smallest absolute Gasteiger partial charge is 0.309 e. The summed E-state index contributed by atoms with van der Waals surface area (Å²) in [5.74, 6) is 0.589. The minimum atomic E-state index is -0.0850. The van der Waals surface area contributed by atoms with Gasteiger partial charge in [0.15, 0.2) is 0 Å². The molecule has 3 unspecified atom stereocenters. The molecule has 0 aliphatic heterocycles. The molecule has 0 bridgehead atoms. The maximum absolute atomic E-state index is 13.0. The summed E-state index contributed by atoms with van der Waals surface area (Å²) in [6, 6.07) is 0. The number of ether oxygens (including phenoxy) is 1. The van der Waals surface area contributed by atoms with Crippen LogP contribution in [0.15, 0.2) is 0 Å². The molecule has 0 radical (unpaired) electrons. The molecule has 3 nitrogen and oxygen atoms in total. The Hall–Kier alpha value is -0.570. The molecule has 234 valence electrons. The number of rotatable bonds is 31. The maximum Gasteiger partial charge on any atom is 0.309 e. The first kappa shape index (κ1) is 38.4. The third-order valence-corrected chi connectivity index (χ3v) is 8.69. The number of carbonyl (C=O) groups excluding carboxylic acids is 1. The second kappa shape index (κ2) is 30.4. The van der Waals surface area contributed by atoms with Gasteiger partial charge in [0.2, 0.25) is 0 Å². The summed E-state index contributed by atoms with van der Waals surface area (Å²) in [5, 5.41) is 10.1. The fourth-order valence-electron chi connectivity index (χ4n) is 5.82. The molecule has 0 spiro atoms. The average molecular weight is 553 g/mol. The molecule has 0 rings (SSSR count). The van der Waals surface area contributed by atoms with Crippen molar-refractivity contribution in [2.75, 3.05) is 6.61 Å². The van der Waals surface area contributed by atoms with Crippen LogP contribution in [0.3, 0.4) is 0 Å². The molecule has 0 amide bonds. The molecule has 0 saturated heterocycles. The summed E-state index contributed by atoms with van der Waals surface area (Å²) in [6.45, 7) is 9.64. The second-order valence-corrected chi connectivity index (χ2v) is 12.6. The van der Waals surface area contributed by atoms with Crippen LogP contribution in [-0.4, -0.2) is 23.8 Å². The van der Waals surface area contributed by atoms with E-state index in [0.717, 1.165) is 44.9 Å². The predicted molar refractivity (Wildman–Crippen MR) is 171 cm³/mol. The minimum absolute atomic E-state index is 0.0758. The molecule has 0 aliphatic carbocycles. The van der Waals surface area contributed by atoms with Crippen molar-refractivity contribution in [3.05, 3.63) is 0 Å². The lowest BCUT2D eigenvalue weighted by atomic mass is 9.85. The standard InChI is InChI=1S/C36H72O3/c1-5-8-11-13-14-15-19-22-27-32-39-36(38)35(33(4)28-23-10-7-3)31-26-21-18-16-17-20-25-30-34(37)29-24-12-9-6-2/h33-35,37H,5-32H2,1-4H3. The fraction of sp³-hybridized carbons (Fsp3) is 0.972. The van der Waals surface area contributed by atoms with Gasteiger partial charge < -0.3 is 9.84 Å². The molecule has 0 aromatic heterocycles. The quantitative estimate of drug-likeness (QED) is 0.0687. The van der Waals surface area contributed by atoms with Gasteiger partial charge in [-0.3, -0.25) is 4.79 Å². The van der Waals surface area contributed by atoms with Crippen LogP contribution in [0.4, 0.5) is 0 Å². The number of hydrogen-bond acceptors (Lipinski definition) is 3. The molecule has 0 aromatic rings. The molecular weight excluding hydrogens is 480 g/mol. The predicted octanol–water partition coefficient (Wildman–Crippen LogP) is 11.7. The van der Waals surface area contributed by atoms with Gasteiger partial charge in [0.25, 0.3) is 0 Å². The van der Waals surface area contributed by atoms with Crippen molar-refractivity contribution in [1.82, 2.24) is 0 Å². The normalized spacial score (nSPS) is 13.9. The van der Waals surface area contributed by atoms with Crippen LogP contribution >= 0.6 is 0 Å². The van der Waals surface area contributed by atoms with Crippen LogP contribution in [0.5, 0.6) is 0 Å². The van der Waals surface area contributed by atoms with Crippen LogP contribution in [0, 0.1) is 11.8 Å². The van der Waals surface area contributed by atoms with Crippen LogP contribution in [-0.2, 0) is 9.53 Å². The Morgan fingerprint density at radius 1 is 0.513 bits per heavy atom. The van der Waals surface area contributed by atoms with Gasteiger partial charge >= 0.3 is 5.97 Å². The highest BCUT2D eigenvalue weighted by Gasteiger charge is 2.25. The molecule has 1 N–H and O–H groups in total. The number of carbonyl (C=O) groups is 1. The first-order valence-corrected chi connectivity index (χ1v) is 17.9. The zero-order valence-electron chi connectivity index (χ0n) is 27.3. The molecular formula is C36H72O3. The van der Waals surface area contributed by atoms with E-state index in [1.807, 2.05) is 0 Å². The molecule has 3 atom stereocenters. The van der Waals surface area contributed by atoms with Crippen LogP contribution in [0.25, 0.3) is 0 Å². The van der Waals surface area contributed by atoms with Crippen molar-refractivity contribution >= 4 is 5.97 Å². The number of aliphatic hydroxyl groups excluding tert-OH is 1. The van der Waals surface area contributed by atoms with Gasteiger partial charge in [0.1, 0.15) is 0 Å². The van der Waals surface area contributed by atoms with E-state index in [0.29, 0.717) is 12.5 Å². The highest BCUT2D eigenvalue weighted by molar-refractivity contribution is 5.72. The molecule has 3 heteroatoms. The molecule has 0 fully saturated rings. The van der Waals surface area contributed by atoms with E-state index < -0.39 is 0 Å². The summed E-state index contributed by atoms with van der Waals surface area (Å²) in [7, 11) is 0. The van der Waals surface area contributed by atoms with Crippen LogP contribution in [0.1, 0.15) is 201 Å². The highest BCUT2D eigenvalue weighted by Crippen LogP contribution is 2.26. The molecule has 0 aromatic carbocycles. The summed E-state index contributed by atoms with van der Waals surface area (Å²) < 4.78 is 5.81. The van der Waals surface area contributed by atoms with Crippen LogP contribution in [0.2, 0.25) is 0 Å². The molecule has 0 saturated carbocycles. The van der Waals surface area contributed by atoms with E-state index in [1.165, 1.54) is 128 Å². The lowest BCUT2D eigenvalue weighted by Gasteiger charge is -2.23. The Balaban J connectivity index is 4.03. The van der Waals surface area contributed by atoms with Gasteiger partial charge in [-0.15, -0.1) is 0 Å². The maximum atomic E-state index is 13.0. The Labute approximate surface area is 246 Å². The Morgan fingerprint density at radius 2 is 0.872 bits per heavy atom. The number of esters is 1. The topological polar surface area (TPSA) is 46.5 Å². The average Bonchev–Trinajstić information content (AvgIpc) is 2.93. The Bertz CT molecular complexity index is 492. The van der Waals surface area contributed by atoms with Gasteiger partial charge in [-0.25, -0.2) is 0 Å². The highest BCUT2D eigenvalue weighted by atomic mass is 16.5. The zero-order chi connectivity index (χ0) is 28.8. The zero-order valence-corrected chi connectivity index (χ0v) is 27.3. The van der Waals surface area contributed by atoms with Crippen molar-refractivity contribution in [2.45, 2.75) is 207 Å². The van der Waals surface area contributed by atoms with Gasteiger partial charge in [-0.2, -0.15) is 0 Å². The van der Waals surface area contributed by atoms with Crippen molar-refractivity contribution in [1.29, 1.82) is 0 Å². The van der Waals surface area contributed by atoms with E-state index in [9.17, 15) is 9.90 Å². The van der Waals surface area contributed by atoms with Crippen molar-refractivity contribution < 1.29 is 14.6 Å².